The predicted molar refractivity (Wildman–Crippen MR) is 174 cm³/mol. The number of para-hydroxylation sites is 2. The SMILES string of the molecule is CC(C)c1cc(-c2ccccc2)cc(C(C)C)c1-n1c(-c2[c-]oc3cc(-c4ccccc4)ccc23)nc2ccccc21.[Ir]. The second-order valence-electron chi connectivity index (χ2n) is 11.6. The van der Waals surface area contributed by atoms with Gasteiger partial charge in [-0.05, 0) is 69.5 Å². The first kappa shape index (κ1) is 28.9. The third-order valence-electron chi connectivity index (χ3n) is 8.15. The first-order valence-corrected chi connectivity index (χ1v) is 14.7. The fourth-order valence-corrected chi connectivity index (χ4v) is 5.99. The molecule has 2 aromatic heterocycles. The molecule has 5 aromatic carbocycles. The normalized spacial score (nSPS) is 11.5. The van der Waals surface area contributed by atoms with Crippen molar-refractivity contribution in [3.05, 3.63) is 133 Å². The molecule has 0 bridgehead atoms. The van der Waals surface area contributed by atoms with Gasteiger partial charge in [-0.15, -0.1) is 6.07 Å². The van der Waals surface area contributed by atoms with E-state index in [2.05, 4.69) is 148 Å². The van der Waals surface area contributed by atoms with Crippen LogP contribution in [-0.2, 0) is 20.1 Å². The van der Waals surface area contributed by atoms with E-state index in [1.807, 2.05) is 6.07 Å². The standard InChI is InChI=1S/C39H33N2O.Ir/c1-25(2)32-21-30(28-15-9-6-10-16-28)22-33(26(3)4)38(32)41-36-18-12-11-17-35(36)40-39(41)34-24-42-37-23-29(19-20-31(34)37)27-13-7-5-8-14-27;/h5-23,25-26H,1-4H3;/q-1;. The minimum absolute atomic E-state index is 0. The third-order valence-corrected chi connectivity index (χ3v) is 8.15. The minimum atomic E-state index is 0. The van der Waals surface area contributed by atoms with Gasteiger partial charge < -0.3 is 8.98 Å². The molecule has 0 fully saturated rings. The van der Waals surface area contributed by atoms with Crippen LogP contribution in [0.3, 0.4) is 0 Å². The summed E-state index contributed by atoms with van der Waals surface area (Å²) in [5.74, 6) is 1.45. The summed E-state index contributed by atoms with van der Waals surface area (Å²) in [4.78, 5) is 5.22. The zero-order chi connectivity index (χ0) is 28.8. The van der Waals surface area contributed by atoms with E-state index in [1.165, 1.54) is 27.9 Å². The van der Waals surface area contributed by atoms with Crippen LogP contribution in [0.15, 0.2) is 120 Å². The van der Waals surface area contributed by atoms with Crippen molar-refractivity contribution in [3.63, 3.8) is 0 Å². The summed E-state index contributed by atoms with van der Waals surface area (Å²) in [6.45, 7) is 9.12. The monoisotopic (exact) mass is 738 g/mol. The van der Waals surface area contributed by atoms with E-state index < -0.39 is 0 Å². The van der Waals surface area contributed by atoms with Gasteiger partial charge in [0.25, 0.3) is 0 Å². The fourth-order valence-electron chi connectivity index (χ4n) is 5.99. The molecule has 0 spiro atoms. The van der Waals surface area contributed by atoms with Crippen LogP contribution in [-0.4, -0.2) is 9.55 Å². The zero-order valence-electron chi connectivity index (χ0n) is 24.8. The summed E-state index contributed by atoms with van der Waals surface area (Å²) in [5, 5.41) is 1.00. The Morgan fingerprint density at radius 1 is 0.628 bits per heavy atom. The van der Waals surface area contributed by atoms with Gasteiger partial charge in [0.2, 0.25) is 0 Å². The molecule has 4 heteroatoms. The van der Waals surface area contributed by atoms with Crippen molar-refractivity contribution in [1.82, 2.24) is 9.55 Å². The maximum absolute atomic E-state index is 6.11. The fraction of sp³-hybridized carbons (Fsp3) is 0.154. The van der Waals surface area contributed by atoms with Gasteiger partial charge in [0.1, 0.15) is 0 Å². The maximum Gasteiger partial charge on any atom is 0.0774 e. The summed E-state index contributed by atoms with van der Waals surface area (Å²) >= 11 is 0. The smallest absolute Gasteiger partial charge is 0.0774 e. The van der Waals surface area contributed by atoms with Crippen LogP contribution in [0.2, 0.25) is 0 Å². The van der Waals surface area contributed by atoms with E-state index in [-0.39, 0.29) is 20.1 Å². The van der Waals surface area contributed by atoms with Crippen molar-refractivity contribution < 1.29 is 24.5 Å². The third kappa shape index (κ3) is 5.16. The Bertz CT molecular complexity index is 2010. The average Bonchev–Trinajstić information content (AvgIpc) is 3.62. The number of imidazole rings is 1. The summed E-state index contributed by atoms with van der Waals surface area (Å²) in [5.41, 5.74) is 12.2. The second kappa shape index (κ2) is 11.8. The van der Waals surface area contributed by atoms with E-state index in [0.29, 0.717) is 11.8 Å². The number of fused-ring (bicyclic) bond motifs is 2. The predicted octanol–water partition coefficient (Wildman–Crippen LogP) is 10.8. The van der Waals surface area contributed by atoms with E-state index in [4.69, 9.17) is 9.40 Å². The number of hydrogen-bond donors (Lipinski definition) is 0. The van der Waals surface area contributed by atoms with E-state index in [9.17, 15) is 0 Å². The van der Waals surface area contributed by atoms with Crippen molar-refractivity contribution in [2.24, 2.45) is 0 Å². The van der Waals surface area contributed by atoms with Crippen molar-refractivity contribution in [1.29, 1.82) is 0 Å². The van der Waals surface area contributed by atoms with Crippen LogP contribution in [0.25, 0.3) is 61.3 Å². The molecule has 0 aliphatic carbocycles. The van der Waals surface area contributed by atoms with Crippen LogP contribution in [0.1, 0.15) is 50.7 Å². The van der Waals surface area contributed by atoms with Gasteiger partial charge in [0.15, 0.2) is 0 Å². The Balaban J connectivity index is 0.00000329. The molecule has 0 N–H and O–H groups in total. The topological polar surface area (TPSA) is 31.0 Å². The summed E-state index contributed by atoms with van der Waals surface area (Å²) in [6.07, 6.45) is 3.26. The summed E-state index contributed by atoms with van der Waals surface area (Å²) in [7, 11) is 0. The van der Waals surface area contributed by atoms with Crippen molar-refractivity contribution in [3.8, 4) is 39.3 Å². The van der Waals surface area contributed by atoms with E-state index in [0.717, 1.165) is 44.5 Å². The molecule has 7 rings (SSSR count). The van der Waals surface area contributed by atoms with Gasteiger partial charge >= 0.3 is 0 Å². The summed E-state index contributed by atoms with van der Waals surface area (Å²) < 4.78 is 8.45. The largest absolute Gasteiger partial charge is 0.557 e. The molecular formula is C39H33IrN2O-. The van der Waals surface area contributed by atoms with Crippen molar-refractivity contribution >= 4 is 22.0 Å². The maximum atomic E-state index is 6.11. The molecule has 0 saturated heterocycles. The van der Waals surface area contributed by atoms with Crippen LogP contribution >= 0.6 is 0 Å². The Hall–Kier alpha value is -4.24. The van der Waals surface area contributed by atoms with Gasteiger partial charge in [0.05, 0.1) is 16.9 Å². The van der Waals surface area contributed by atoms with Crippen molar-refractivity contribution in [2.75, 3.05) is 0 Å². The molecule has 1 radical (unpaired) electrons. The number of nitrogens with zero attached hydrogens (tertiary/aromatic N) is 2. The number of furan rings is 1. The number of hydrogen-bond acceptors (Lipinski definition) is 2. The molecule has 3 nitrogen and oxygen atoms in total. The van der Waals surface area contributed by atoms with Gasteiger partial charge in [-0.2, -0.15) is 0 Å². The molecule has 2 heterocycles. The van der Waals surface area contributed by atoms with Crippen LogP contribution in [0.4, 0.5) is 0 Å². The van der Waals surface area contributed by atoms with Gasteiger partial charge in [-0.1, -0.05) is 124 Å². The molecule has 7 aromatic rings. The first-order chi connectivity index (χ1) is 20.5. The molecule has 0 aliphatic heterocycles. The molecule has 0 aliphatic rings. The number of rotatable bonds is 6. The molecule has 43 heavy (non-hydrogen) atoms. The Kier molecular flexibility index (Phi) is 7.92. The number of aromatic nitrogens is 2. The Labute approximate surface area is 266 Å². The Morgan fingerprint density at radius 3 is 1.84 bits per heavy atom. The van der Waals surface area contributed by atoms with Gasteiger partial charge in [-0.3, -0.25) is 4.98 Å². The minimum Gasteiger partial charge on any atom is -0.557 e. The first-order valence-electron chi connectivity index (χ1n) is 14.7. The quantitative estimate of drug-likeness (QED) is 0.159. The molecule has 215 valence electrons. The van der Waals surface area contributed by atoms with E-state index in [1.54, 1.807) is 0 Å². The van der Waals surface area contributed by atoms with Crippen LogP contribution in [0, 0.1) is 6.26 Å². The number of benzene rings is 5. The van der Waals surface area contributed by atoms with Gasteiger partial charge in [-0.25, -0.2) is 0 Å². The van der Waals surface area contributed by atoms with Crippen molar-refractivity contribution in [2.45, 2.75) is 39.5 Å². The molecule has 0 amide bonds. The molecule has 0 saturated carbocycles. The molecule has 0 atom stereocenters. The summed E-state index contributed by atoms with van der Waals surface area (Å²) in [6, 6.07) is 40.6. The van der Waals surface area contributed by atoms with Crippen LogP contribution in [0.5, 0.6) is 0 Å². The van der Waals surface area contributed by atoms with Gasteiger partial charge in [0, 0.05) is 37.6 Å². The average molecular weight is 738 g/mol. The molecule has 0 unspecified atom stereocenters. The molecular weight excluding hydrogens is 705 g/mol. The van der Waals surface area contributed by atoms with E-state index >= 15 is 0 Å². The Morgan fingerprint density at radius 2 is 1.21 bits per heavy atom. The van der Waals surface area contributed by atoms with Crippen LogP contribution < -0.4 is 0 Å². The second-order valence-corrected chi connectivity index (χ2v) is 11.6. The zero-order valence-corrected chi connectivity index (χ0v) is 27.2.